The fraction of sp³-hybridized carbons (Fsp3) is 0.600. The number of hydrogen-bond donors (Lipinski definition) is 2. The third-order valence-corrected chi connectivity index (χ3v) is 7.03. The molecule has 178 valence electrons. The maximum Gasteiger partial charge on any atom is 0.246 e. The topological polar surface area (TPSA) is 100 Å². The van der Waals surface area contributed by atoms with Gasteiger partial charge in [0, 0.05) is 6.54 Å². The Labute approximate surface area is 195 Å². The lowest BCUT2D eigenvalue weighted by molar-refractivity contribution is -0.139. The van der Waals surface area contributed by atoms with Gasteiger partial charge in [-0.25, -0.2) is 0 Å². The van der Waals surface area contributed by atoms with Crippen LogP contribution in [0.15, 0.2) is 34.9 Å². The smallest absolute Gasteiger partial charge is 0.246 e. The molecule has 1 aliphatic carbocycles. The van der Waals surface area contributed by atoms with Gasteiger partial charge in [-0.15, -0.1) is 0 Å². The Bertz CT molecular complexity index is 925. The maximum atomic E-state index is 13.8. The number of rotatable bonds is 8. The number of likely N-dealkylation sites (N-methyl/N-ethyl adjacent to an activating group) is 1. The molecule has 1 saturated heterocycles. The maximum absolute atomic E-state index is 13.8. The molecule has 0 radical (unpaired) electrons. The van der Waals surface area contributed by atoms with Gasteiger partial charge < -0.3 is 20.1 Å². The second kappa shape index (κ2) is 10.9. The van der Waals surface area contributed by atoms with Crippen LogP contribution in [0.4, 0.5) is 0 Å². The van der Waals surface area contributed by atoms with Gasteiger partial charge in [-0.05, 0) is 51.1 Å². The van der Waals surface area contributed by atoms with Gasteiger partial charge in [-0.2, -0.15) is 4.98 Å². The number of likely N-dealkylation sites (tertiary alicyclic amines) is 1. The number of carbonyl (C=O) groups excluding carboxylic acids is 2. The first kappa shape index (κ1) is 23.4. The summed E-state index contributed by atoms with van der Waals surface area (Å²) in [5.74, 6) is 1.12. The quantitative estimate of drug-likeness (QED) is 0.637. The van der Waals surface area contributed by atoms with Crippen LogP contribution in [-0.2, 0) is 16.0 Å². The molecule has 2 heterocycles. The lowest BCUT2D eigenvalue weighted by atomic mass is 9.83. The van der Waals surface area contributed by atoms with Crippen molar-refractivity contribution in [3.05, 3.63) is 47.6 Å². The summed E-state index contributed by atoms with van der Waals surface area (Å²) in [5.41, 5.74) is 1.10. The standard InChI is InChI=1S/C25H35N5O3/c1-17(26-2)24(31)28-22(19-12-7-4-8-13-19)25(32)30-15-9-14-20(30)23-27-21(33-29-23)16-18-10-5-3-6-11-18/h3,5-6,10-11,17,19-20,22,26H,4,7-9,12-16H2,1-2H3,(H,28,31)/t17-,20-,22-/m0/s1. The van der Waals surface area contributed by atoms with Gasteiger partial charge in [-0.1, -0.05) is 54.8 Å². The molecule has 3 atom stereocenters. The summed E-state index contributed by atoms with van der Waals surface area (Å²) in [6.07, 6.45) is 7.57. The summed E-state index contributed by atoms with van der Waals surface area (Å²) >= 11 is 0. The van der Waals surface area contributed by atoms with Crippen molar-refractivity contribution in [2.75, 3.05) is 13.6 Å². The Morgan fingerprint density at radius 1 is 1.12 bits per heavy atom. The third-order valence-electron chi connectivity index (χ3n) is 7.03. The van der Waals surface area contributed by atoms with Gasteiger partial charge >= 0.3 is 0 Å². The van der Waals surface area contributed by atoms with Crippen molar-refractivity contribution in [3.8, 4) is 0 Å². The summed E-state index contributed by atoms with van der Waals surface area (Å²) in [7, 11) is 1.75. The summed E-state index contributed by atoms with van der Waals surface area (Å²) < 4.78 is 5.52. The van der Waals surface area contributed by atoms with E-state index in [0.717, 1.165) is 44.1 Å². The van der Waals surface area contributed by atoms with Gasteiger partial charge in [0.05, 0.1) is 18.5 Å². The second-order valence-corrected chi connectivity index (χ2v) is 9.29. The predicted octanol–water partition coefficient (Wildman–Crippen LogP) is 3.00. The molecule has 8 nitrogen and oxygen atoms in total. The van der Waals surface area contributed by atoms with Crippen molar-refractivity contribution < 1.29 is 14.1 Å². The summed E-state index contributed by atoms with van der Waals surface area (Å²) in [6.45, 7) is 2.46. The molecule has 8 heteroatoms. The molecule has 2 N–H and O–H groups in total. The van der Waals surface area contributed by atoms with Gasteiger partial charge in [0.2, 0.25) is 17.7 Å². The highest BCUT2D eigenvalue weighted by Crippen LogP contribution is 2.34. The number of nitrogens with one attached hydrogen (secondary N) is 2. The van der Waals surface area contributed by atoms with Crippen LogP contribution in [0.5, 0.6) is 0 Å². The molecule has 0 spiro atoms. The van der Waals surface area contributed by atoms with Gasteiger partial charge in [-0.3, -0.25) is 9.59 Å². The predicted molar refractivity (Wildman–Crippen MR) is 124 cm³/mol. The molecule has 4 rings (SSSR count). The minimum Gasteiger partial charge on any atom is -0.343 e. The SMILES string of the molecule is CN[C@@H](C)C(=O)N[C@H](C(=O)N1CCC[C@H]1c1noc(Cc2ccccc2)n1)C1CCCCC1. The summed E-state index contributed by atoms with van der Waals surface area (Å²) in [4.78, 5) is 33.0. The van der Waals surface area contributed by atoms with E-state index >= 15 is 0 Å². The fourth-order valence-electron chi connectivity index (χ4n) is 4.98. The number of nitrogens with zero attached hydrogens (tertiary/aromatic N) is 3. The van der Waals surface area contributed by atoms with Crippen LogP contribution in [-0.4, -0.2) is 52.5 Å². The Morgan fingerprint density at radius 3 is 2.61 bits per heavy atom. The van der Waals surface area contributed by atoms with E-state index in [-0.39, 0.29) is 29.8 Å². The van der Waals surface area contributed by atoms with E-state index in [1.54, 1.807) is 7.05 Å². The molecule has 1 aromatic carbocycles. The first-order valence-corrected chi connectivity index (χ1v) is 12.2. The van der Waals surface area contributed by atoms with Crippen LogP contribution in [0.2, 0.25) is 0 Å². The molecule has 2 aliphatic rings. The zero-order chi connectivity index (χ0) is 23.2. The molecule has 2 amide bonds. The monoisotopic (exact) mass is 453 g/mol. The Hall–Kier alpha value is -2.74. The van der Waals surface area contributed by atoms with Crippen molar-refractivity contribution >= 4 is 11.8 Å². The molecule has 2 aromatic rings. The van der Waals surface area contributed by atoms with Crippen molar-refractivity contribution in [1.29, 1.82) is 0 Å². The number of carbonyl (C=O) groups is 2. The molecule has 33 heavy (non-hydrogen) atoms. The number of aromatic nitrogens is 2. The molecular formula is C25H35N5O3. The van der Waals surface area contributed by atoms with Crippen molar-refractivity contribution in [2.24, 2.45) is 5.92 Å². The largest absolute Gasteiger partial charge is 0.343 e. The molecule has 1 aliphatic heterocycles. The van der Waals surface area contributed by atoms with Crippen LogP contribution in [0, 0.1) is 5.92 Å². The van der Waals surface area contributed by atoms with E-state index in [4.69, 9.17) is 4.52 Å². The van der Waals surface area contributed by atoms with Crippen LogP contribution >= 0.6 is 0 Å². The van der Waals surface area contributed by atoms with Crippen LogP contribution in [0.25, 0.3) is 0 Å². The van der Waals surface area contributed by atoms with E-state index in [2.05, 4.69) is 20.8 Å². The van der Waals surface area contributed by atoms with E-state index in [9.17, 15) is 9.59 Å². The van der Waals surface area contributed by atoms with E-state index in [1.807, 2.05) is 42.2 Å². The Morgan fingerprint density at radius 2 is 1.88 bits per heavy atom. The number of hydrogen-bond acceptors (Lipinski definition) is 6. The zero-order valence-electron chi connectivity index (χ0n) is 19.6. The lowest BCUT2D eigenvalue weighted by Crippen LogP contribution is -2.55. The zero-order valence-corrected chi connectivity index (χ0v) is 19.6. The minimum atomic E-state index is -0.509. The van der Waals surface area contributed by atoms with E-state index in [1.165, 1.54) is 6.42 Å². The first-order valence-electron chi connectivity index (χ1n) is 12.2. The Kier molecular flexibility index (Phi) is 7.75. The minimum absolute atomic E-state index is 0.0181. The van der Waals surface area contributed by atoms with Gasteiger partial charge in [0.25, 0.3) is 0 Å². The summed E-state index contributed by atoms with van der Waals surface area (Å²) in [6, 6.07) is 8.93. The normalized spacial score (nSPS) is 21.0. The molecular weight excluding hydrogens is 418 g/mol. The number of benzene rings is 1. The van der Waals surface area contributed by atoms with E-state index in [0.29, 0.717) is 24.7 Å². The Balaban J connectivity index is 1.50. The molecule has 2 fully saturated rings. The van der Waals surface area contributed by atoms with Gasteiger partial charge in [0.1, 0.15) is 6.04 Å². The van der Waals surface area contributed by atoms with Crippen molar-refractivity contribution in [3.63, 3.8) is 0 Å². The third kappa shape index (κ3) is 5.61. The van der Waals surface area contributed by atoms with E-state index < -0.39 is 6.04 Å². The highest BCUT2D eigenvalue weighted by Gasteiger charge is 2.40. The van der Waals surface area contributed by atoms with Crippen LogP contribution < -0.4 is 10.6 Å². The highest BCUT2D eigenvalue weighted by atomic mass is 16.5. The molecule has 1 aromatic heterocycles. The molecule has 0 unspecified atom stereocenters. The first-order chi connectivity index (χ1) is 16.1. The summed E-state index contributed by atoms with van der Waals surface area (Å²) in [5, 5.41) is 10.3. The second-order valence-electron chi connectivity index (χ2n) is 9.29. The fourth-order valence-corrected chi connectivity index (χ4v) is 4.98. The number of amides is 2. The highest BCUT2D eigenvalue weighted by molar-refractivity contribution is 5.90. The van der Waals surface area contributed by atoms with Crippen molar-refractivity contribution in [2.45, 2.75) is 76.4 Å². The van der Waals surface area contributed by atoms with Crippen LogP contribution in [0.1, 0.15) is 75.2 Å². The average molecular weight is 454 g/mol. The molecule has 1 saturated carbocycles. The molecule has 0 bridgehead atoms. The lowest BCUT2D eigenvalue weighted by Gasteiger charge is -2.34. The van der Waals surface area contributed by atoms with Gasteiger partial charge in [0.15, 0.2) is 5.82 Å². The van der Waals surface area contributed by atoms with Crippen molar-refractivity contribution in [1.82, 2.24) is 25.7 Å². The van der Waals surface area contributed by atoms with Crippen LogP contribution in [0.3, 0.4) is 0 Å². The average Bonchev–Trinajstić information content (AvgIpc) is 3.52.